The third kappa shape index (κ3) is 8.35. The van der Waals surface area contributed by atoms with Gasteiger partial charge in [-0.2, -0.15) is 0 Å². The monoisotopic (exact) mass is 509 g/mol. The van der Waals surface area contributed by atoms with Crippen molar-refractivity contribution in [2.45, 2.75) is 79.5 Å². The fourth-order valence-corrected chi connectivity index (χ4v) is 20.8. The second kappa shape index (κ2) is 14.1. The summed E-state index contributed by atoms with van der Waals surface area (Å²) in [7, 11) is 4.13. The second-order valence-corrected chi connectivity index (χ2v) is 21.5. The molecular formula is C25H43NO2Sn. The Balaban J connectivity index is 3.52. The molecule has 0 fully saturated rings. The Bertz CT molecular complexity index is 600. The molecule has 29 heavy (non-hydrogen) atoms. The summed E-state index contributed by atoms with van der Waals surface area (Å²) in [5.74, 6) is -0.162. The number of hydrogen-bond acceptors (Lipinski definition) is 3. The van der Waals surface area contributed by atoms with Crippen LogP contribution in [0.25, 0.3) is 3.59 Å². The van der Waals surface area contributed by atoms with E-state index < -0.39 is 18.4 Å². The summed E-state index contributed by atoms with van der Waals surface area (Å²) in [6, 6.07) is 8.83. The summed E-state index contributed by atoms with van der Waals surface area (Å²) >= 11 is -2.77. The Morgan fingerprint density at radius 2 is 1.38 bits per heavy atom. The molecule has 3 nitrogen and oxygen atoms in total. The van der Waals surface area contributed by atoms with Crippen LogP contribution in [0.1, 0.15) is 71.8 Å². The molecule has 0 spiro atoms. The van der Waals surface area contributed by atoms with Gasteiger partial charge in [-0.15, -0.1) is 0 Å². The number of carbonyl (C=O) groups is 1. The van der Waals surface area contributed by atoms with E-state index in [9.17, 15) is 4.79 Å². The predicted molar refractivity (Wildman–Crippen MR) is 130 cm³/mol. The predicted octanol–water partition coefficient (Wildman–Crippen LogP) is 7.09. The molecule has 0 atom stereocenters. The Hall–Kier alpha value is -0.971. The van der Waals surface area contributed by atoms with E-state index in [4.69, 9.17) is 4.74 Å². The Morgan fingerprint density at radius 1 is 0.897 bits per heavy atom. The number of nitrogens with zero attached hydrogens (tertiary/aromatic N) is 1. The first kappa shape index (κ1) is 26.1. The minimum atomic E-state index is -2.77. The van der Waals surface area contributed by atoms with E-state index in [2.05, 4.69) is 64.0 Å². The van der Waals surface area contributed by atoms with E-state index >= 15 is 0 Å². The second-order valence-electron chi connectivity index (χ2n) is 8.34. The van der Waals surface area contributed by atoms with Gasteiger partial charge in [0.15, 0.2) is 0 Å². The average Bonchev–Trinajstić information content (AvgIpc) is 2.72. The molecule has 1 aromatic rings. The third-order valence-corrected chi connectivity index (χ3v) is 21.6. The SMILES string of the molecule is CCC[CH2][Sn]([CH2]CCC)([CH2]CCC)/[C](=C\C(=O)OCC)c1ccc(N(C)C)cc1. The number of hydrogen-bond donors (Lipinski definition) is 0. The summed E-state index contributed by atoms with van der Waals surface area (Å²) in [4.78, 5) is 14.7. The fourth-order valence-electron chi connectivity index (χ4n) is 4.11. The normalized spacial score (nSPS) is 12.1. The van der Waals surface area contributed by atoms with Gasteiger partial charge in [0.2, 0.25) is 0 Å². The van der Waals surface area contributed by atoms with Crippen molar-refractivity contribution in [1.29, 1.82) is 0 Å². The molecule has 0 N–H and O–H groups in total. The average molecular weight is 508 g/mol. The fraction of sp³-hybridized carbons (Fsp3) is 0.640. The van der Waals surface area contributed by atoms with Crippen molar-refractivity contribution in [3.05, 3.63) is 35.9 Å². The van der Waals surface area contributed by atoms with E-state index in [1.165, 1.54) is 66.7 Å². The topological polar surface area (TPSA) is 29.5 Å². The van der Waals surface area contributed by atoms with Gasteiger partial charge < -0.3 is 0 Å². The van der Waals surface area contributed by atoms with Gasteiger partial charge >= 0.3 is 184 Å². The summed E-state index contributed by atoms with van der Waals surface area (Å²) in [5, 5.41) is 0. The first-order chi connectivity index (χ1) is 13.9. The molecule has 0 unspecified atom stereocenters. The van der Waals surface area contributed by atoms with Gasteiger partial charge in [-0.05, 0) is 0 Å². The van der Waals surface area contributed by atoms with E-state index in [1.54, 1.807) is 0 Å². The van der Waals surface area contributed by atoms with Gasteiger partial charge in [0.1, 0.15) is 0 Å². The van der Waals surface area contributed by atoms with Crippen LogP contribution in [0, 0.1) is 0 Å². The van der Waals surface area contributed by atoms with Crippen molar-refractivity contribution in [2.24, 2.45) is 0 Å². The number of ether oxygens (including phenoxy) is 1. The van der Waals surface area contributed by atoms with Crippen molar-refractivity contribution in [3.8, 4) is 0 Å². The van der Waals surface area contributed by atoms with Gasteiger partial charge in [-0.1, -0.05) is 0 Å². The van der Waals surface area contributed by atoms with E-state index in [0.29, 0.717) is 6.61 Å². The van der Waals surface area contributed by atoms with Crippen LogP contribution in [0.3, 0.4) is 0 Å². The molecule has 1 aromatic carbocycles. The number of anilines is 1. The molecule has 0 aliphatic heterocycles. The molecule has 4 heteroatoms. The molecule has 1 rings (SSSR count). The van der Waals surface area contributed by atoms with Crippen molar-refractivity contribution in [2.75, 3.05) is 25.6 Å². The maximum absolute atomic E-state index is 12.6. The van der Waals surface area contributed by atoms with Crippen LogP contribution in [0.15, 0.2) is 30.3 Å². The Morgan fingerprint density at radius 3 is 1.76 bits per heavy atom. The summed E-state index contributed by atoms with van der Waals surface area (Å²) in [6.07, 6.45) is 9.40. The van der Waals surface area contributed by atoms with Crippen molar-refractivity contribution >= 4 is 33.6 Å². The summed E-state index contributed by atoms with van der Waals surface area (Å²) in [5.41, 5.74) is 2.45. The number of unbranched alkanes of at least 4 members (excludes halogenated alkanes) is 3. The number of rotatable bonds is 14. The van der Waals surface area contributed by atoms with Crippen LogP contribution in [0.4, 0.5) is 5.69 Å². The van der Waals surface area contributed by atoms with Crippen molar-refractivity contribution in [1.82, 2.24) is 0 Å². The van der Waals surface area contributed by atoms with Gasteiger partial charge in [0, 0.05) is 0 Å². The van der Waals surface area contributed by atoms with Crippen LogP contribution in [0.2, 0.25) is 13.3 Å². The molecule has 0 radical (unpaired) electrons. The summed E-state index contributed by atoms with van der Waals surface area (Å²) in [6.45, 7) is 9.19. The minimum absolute atomic E-state index is 0.162. The quantitative estimate of drug-likeness (QED) is 0.153. The first-order valence-electron chi connectivity index (χ1n) is 11.6. The maximum atomic E-state index is 12.6. The molecular weight excluding hydrogens is 465 g/mol. The molecule has 0 saturated heterocycles. The number of carbonyl (C=O) groups excluding carboxylic acids is 1. The molecule has 0 bridgehead atoms. The molecule has 0 heterocycles. The van der Waals surface area contributed by atoms with Gasteiger partial charge in [0.25, 0.3) is 0 Å². The van der Waals surface area contributed by atoms with Crippen LogP contribution < -0.4 is 4.90 Å². The zero-order valence-electron chi connectivity index (χ0n) is 19.7. The van der Waals surface area contributed by atoms with Crippen LogP contribution in [-0.2, 0) is 9.53 Å². The van der Waals surface area contributed by atoms with E-state index in [0.717, 1.165) is 0 Å². The zero-order chi connectivity index (χ0) is 21.7. The Kier molecular flexibility index (Phi) is 12.7. The molecule has 0 aliphatic carbocycles. The first-order valence-corrected chi connectivity index (χ1v) is 19.1. The molecule has 0 saturated carbocycles. The van der Waals surface area contributed by atoms with Gasteiger partial charge in [-0.25, -0.2) is 0 Å². The van der Waals surface area contributed by atoms with Crippen LogP contribution >= 0.6 is 0 Å². The van der Waals surface area contributed by atoms with Crippen LogP contribution in [0.5, 0.6) is 0 Å². The third-order valence-electron chi connectivity index (χ3n) is 5.84. The molecule has 0 aliphatic rings. The molecule has 0 aromatic heterocycles. The van der Waals surface area contributed by atoms with Crippen molar-refractivity contribution < 1.29 is 9.53 Å². The Labute approximate surface area is 183 Å². The van der Waals surface area contributed by atoms with Gasteiger partial charge in [0.05, 0.1) is 0 Å². The summed E-state index contributed by atoms with van der Waals surface area (Å²) < 4.78 is 10.8. The van der Waals surface area contributed by atoms with Gasteiger partial charge in [-0.3, -0.25) is 0 Å². The molecule has 164 valence electrons. The number of esters is 1. The standard InChI is InChI=1S/C13H16NO2.3C4H9.Sn/c1-4-16-13(15)10-7-11-5-8-12(9-6-11)14(2)3;3*1-3-4-2;/h5-6,8-10H,4H2,1-3H3;3*1,3-4H2,2H3;. The van der Waals surface area contributed by atoms with Crippen molar-refractivity contribution in [3.63, 3.8) is 0 Å². The van der Waals surface area contributed by atoms with Crippen LogP contribution in [-0.4, -0.2) is 45.0 Å². The number of benzene rings is 1. The van der Waals surface area contributed by atoms with E-state index in [-0.39, 0.29) is 5.97 Å². The molecule has 0 amide bonds. The zero-order valence-corrected chi connectivity index (χ0v) is 22.6. The van der Waals surface area contributed by atoms with E-state index in [1.807, 2.05) is 13.0 Å².